The van der Waals surface area contributed by atoms with E-state index in [2.05, 4.69) is 34.1 Å². The molecule has 7 nitrogen and oxygen atoms in total. The smallest absolute Gasteiger partial charge is 0.354 e. The Kier molecular flexibility index (Phi) is 5.11. The lowest BCUT2D eigenvalue weighted by atomic mass is 9.95. The number of benzene rings is 2. The summed E-state index contributed by atoms with van der Waals surface area (Å²) < 4.78 is 7.18. The van der Waals surface area contributed by atoms with Crippen LogP contribution in [-0.2, 0) is 4.74 Å². The summed E-state index contributed by atoms with van der Waals surface area (Å²) in [6.45, 7) is 6.95. The van der Waals surface area contributed by atoms with Crippen LogP contribution < -0.4 is 4.90 Å². The second-order valence-electron chi connectivity index (χ2n) is 7.94. The monoisotopic (exact) mass is 428 g/mol. The summed E-state index contributed by atoms with van der Waals surface area (Å²) in [5.74, 6) is -1.05. The number of pyridine rings is 1. The topological polar surface area (TPSA) is 80.5 Å². The number of aromatic carboxylic acids is 1. The van der Waals surface area contributed by atoms with Gasteiger partial charge in [0.15, 0.2) is 11.3 Å². The normalized spacial score (nSPS) is 14.1. The molecule has 7 heteroatoms. The molecule has 5 rings (SSSR count). The van der Waals surface area contributed by atoms with Crippen LogP contribution in [0.25, 0.3) is 27.8 Å². The highest BCUT2D eigenvalue weighted by Gasteiger charge is 2.23. The molecule has 1 aliphatic rings. The predicted octanol–water partition coefficient (Wildman–Crippen LogP) is 4.24. The van der Waals surface area contributed by atoms with Crippen molar-refractivity contribution in [1.82, 2.24) is 14.8 Å². The van der Waals surface area contributed by atoms with Crippen LogP contribution in [0, 0.1) is 13.8 Å². The first-order valence-electron chi connectivity index (χ1n) is 10.7. The van der Waals surface area contributed by atoms with Gasteiger partial charge in [0.05, 0.1) is 30.0 Å². The molecule has 3 heterocycles. The van der Waals surface area contributed by atoms with Crippen molar-refractivity contribution >= 4 is 22.7 Å². The van der Waals surface area contributed by atoms with Crippen LogP contribution in [-0.4, -0.2) is 52.1 Å². The van der Waals surface area contributed by atoms with Crippen molar-refractivity contribution in [2.75, 3.05) is 31.2 Å². The molecular weight excluding hydrogens is 404 g/mol. The molecule has 1 fully saturated rings. The number of fused-ring (bicyclic) bond motifs is 1. The summed E-state index contributed by atoms with van der Waals surface area (Å²) in [4.78, 5) is 18.9. The third-order valence-electron chi connectivity index (χ3n) is 5.97. The molecule has 2 aromatic carbocycles. The van der Waals surface area contributed by atoms with Gasteiger partial charge in [-0.3, -0.25) is 0 Å². The number of aryl methyl sites for hydroxylation is 1. The van der Waals surface area contributed by atoms with Crippen molar-refractivity contribution in [1.29, 1.82) is 0 Å². The number of nitrogens with zero attached hydrogens (tertiary/aromatic N) is 4. The number of ether oxygens (including phenoxy) is 1. The van der Waals surface area contributed by atoms with Crippen molar-refractivity contribution in [3.8, 4) is 16.8 Å². The van der Waals surface area contributed by atoms with E-state index in [9.17, 15) is 9.90 Å². The maximum Gasteiger partial charge on any atom is 0.354 e. The summed E-state index contributed by atoms with van der Waals surface area (Å²) in [5.41, 5.74) is 5.82. The van der Waals surface area contributed by atoms with Crippen LogP contribution in [0.1, 0.15) is 21.7 Å². The maximum absolute atomic E-state index is 12.1. The van der Waals surface area contributed by atoms with Gasteiger partial charge in [0.2, 0.25) is 0 Å². The van der Waals surface area contributed by atoms with E-state index < -0.39 is 5.97 Å². The number of anilines is 1. The minimum atomic E-state index is -1.05. The van der Waals surface area contributed by atoms with Gasteiger partial charge in [0.25, 0.3) is 0 Å². The number of carbonyl (C=O) groups is 1. The number of para-hydroxylation sites is 1. The molecule has 4 aromatic rings. The quantitative estimate of drug-likeness (QED) is 0.524. The molecule has 1 aliphatic heterocycles. The van der Waals surface area contributed by atoms with Gasteiger partial charge in [0, 0.05) is 18.8 Å². The highest BCUT2D eigenvalue weighted by Crippen LogP contribution is 2.36. The van der Waals surface area contributed by atoms with E-state index in [4.69, 9.17) is 9.84 Å². The number of rotatable bonds is 4. The van der Waals surface area contributed by atoms with E-state index in [0.717, 1.165) is 59.9 Å². The van der Waals surface area contributed by atoms with E-state index in [-0.39, 0.29) is 5.69 Å². The first-order chi connectivity index (χ1) is 15.5. The average Bonchev–Trinajstić information content (AvgIpc) is 3.16. The molecule has 1 saturated heterocycles. The van der Waals surface area contributed by atoms with Crippen molar-refractivity contribution in [3.63, 3.8) is 0 Å². The minimum absolute atomic E-state index is 0.0434. The highest BCUT2D eigenvalue weighted by molar-refractivity contribution is 6.02. The summed E-state index contributed by atoms with van der Waals surface area (Å²) in [5, 5.41) is 15.5. The summed E-state index contributed by atoms with van der Waals surface area (Å²) in [7, 11) is 0. The zero-order valence-corrected chi connectivity index (χ0v) is 18.1. The zero-order valence-electron chi connectivity index (χ0n) is 18.1. The maximum atomic E-state index is 12.1. The first-order valence-corrected chi connectivity index (χ1v) is 10.7. The molecule has 0 aliphatic carbocycles. The fourth-order valence-electron chi connectivity index (χ4n) is 4.39. The van der Waals surface area contributed by atoms with Gasteiger partial charge < -0.3 is 14.7 Å². The molecule has 0 spiro atoms. The molecule has 0 saturated carbocycles. The van der Waals surface area contributed by atoms with Crippen LogP contribution in [0.4, 0.5) is 5.69 Å². The average molecular weight is 428 g/mol. The lowest BCUT2D eigenvalue weighted by Crippen LogP contribution is -2.36. The molecule has 32 heavy (non-hydrogen) atoms. The number of hydrogen-bond acceptors (Lipinski definition) is 5. The van der Waals surface area contributed by atoms with Crippen LogP contribution in [0.5, 0.6) is 0 Å². The Morgan fingerprint density at radius 1 is 0.969 bits per heavy atom. The van der Waals surface area contributed by atoms with Crippen LogP contribution >= 0.6 is 0 Å². The van der Waals surface area contributed by atoms with Crippen molar-refractivity contribution in [3.05, 3.63) is 71.5 Å². The second kappa shape index (κ2) is 8.09. The molecule has 0 amide bonds. The number of aromatic nitrogens is 3. The number of carboxylic acid groups (broad SMARTS) is 1. The molecular formula is C25H24N4O3. The van der Waals surface area contributed by atoms with E-state index >= 15 is 0 Å². The van der Waals surface area contributed by atoms with E-state index in [1.54, 1.807) is 4.68 Å². The summed E-state index contributed by atoms with van der Waals surface area (Å²) in [6.07, 6.45) is 0. The van der Waals surface area contributed by atoms with Crippen LogP contribution in [0.15, 0.2) is 54.6 Å². The third kappa shape index (κ3) is 3.40. The van der Waals surface area contributed by atoms with Gasteiger partial charge in [-0.15, -0.1) is 0 Å². The Bertz CT molecular complexity index is 1290. The van der Waals surface area contributed by atoms with Gasteiger partial charge in [0.1, 0.15) is 0 Å². The fraction of sp³-hybridized carbons (Fsp3) is 0.240. The molecule has 1 N–H and O–H groups in total. The molecule has 0 bridgehead atoms. The van der Waals surface area contributed by atoms with Gasteiger partial charge in [-0.25, -0.2) is 14.5 Å². The Morgan fingerprint density at radius 3 is 2.31 bits per heavy atom. The lowest BCUT2D eigenvalue weighted by molar-refractivity contribution is 0.0690. The zero-order chi connectivity index (χ0) is 22.2. The molecule has 162 valence electrons. The Morgan fingerprint density at radius 2 is 1.66 bits per heavy atom. The standard InChI is InChI=1S/C25H24N4O3/c1-16-21(18-8-10-19(11-9-18)28-12-14-32-15-13-28)22-17(2)27-29(20-6-4-3-5-7-20)24(22)26-23(16)25(30)31/h3-11H,12-15H2,1-2H3,(H,30,31). The van der Waals surface area contributed by atoms with Gasteiger partial charge in [-0.2, -0.15) is 5.10 Å². The van der Waals surface area contributed by atoms with Crippen LogP contribution in [0.3, 0.4) is 0 Å². The number of morpholine rings is 1. The van der Waals surface area contributed by atoms with E-state index in [1.165, 1.54) is 0 Å². The van der Waals surface area contributed by atoms with Gasteiger partial charge in [-0.1, -0.05) is 30.3 Å². The SMILES string of the molecule is Cc1c(C(=O)O)nc2c(c(C)nn2-c2ccccc2)c1-c1ccc(N2CCOCC2)cc1. The van der Waals surface area contributed by atoms with Gasteiger partial charge in [-0.05, 0) is 54.8 Å². The van der Waals surface area contributed by atoms with E-state index in [1.807, 2.05) is 44.2 Å². The third-order valence-corrected chi connectivity index (χ3v) is 5.97. The predicted molar refractivity (Wildman–Crippen MR) is 124 cm³/mol. The molecule has 0 radical (unpaired) electrons. The Balaban J connectivity index is 1.71. The Hall–Kier alpha value is -3.71. The van der Waals surface area contributed by atoms with Crippen molar-refractivity contribution in [2.24, 2.45) is 0 Å². The molecule has 0 unspecified atom stereocenters. The fourth-order valence-corrected chi connectivity index (χ4v) is 4.39. The lowest BCUT2D eigenvalue weighted by Gasteiger charge is -2.29. The largest absolute Gasteiger partial charge is 0.477 e. The molecule has 2 aromatic heterocycles. The van der Waals surface area contributed by atoms with E-state index in [0.29, 0.717) is 11.2 Å². The summed E-state index contributed by atoms with van der Waals surface area (Å²) >= 11 is 0. The van der Waals surface area contributed by atoms with Crippen molar-refractivity contribution in [2.45, 2.75) is 13.8 Å². The van der Waals surface area contributed by atoms with Gasteiger partial charge >= 0.3 is 5.97 Å². The number of hydrogen-bond donors (Lipinski definition) is 1. The Labute approximate surface area is 185 Å². The van der Waals surface area contributed by atoms with Crippen LogP contribution in [0.2, 0.25) is 0 Å². The summed E-state index contributed by atoms with van der Waals surface area (Å²) in [6, 6.07) is 17.9. The highest BCUT2D eigenvalue weighted by atomic mass is 16.5. The first kappa shape index (κ1) is 20.2. The van der Waals surface area contributed by atoms with Crippen molar-refractivity contribution < 1.29 is 14.6 Å². The molecule has 0 atom stereocenters. The minimum Gasteiger partial charge on any atom is -0.477 e. The second-order valence-corrected chi connectivity index (χ2v) is 7.94. The number of carboxylic acids is 1.